The Morgan fingerprint density at radius 2 is 0.159 bits per heavy atom. The monoisotopic (exact) mass is 788 g/mol. The van der Waals surface area contributed by atoms with Crippen LogP contribution >= 0.6 is 0 Å². The zero-order valence-corrected chi connectivity index (χ0v) is 39.9. The third-order valence-corrected chi connectivity index (χ3v) is 0. The molecule has 0 heterocycles. The average molecular weight is 789 g/mol. The molecule has 0 fully saturated rings. The Morgan fingerprint density at radius 3 is 0.159 bits per heavy atom. The fourth-order valence-corrected chi connectivity index (χ4v) is 0. The fraction of sp³-hybridized carbons (Fsp3) is 0.800. The van der Waals surface area contributed by atoms with Gasteiger partial charge in [-0.1, -0.05) is 166 Å². The van der Waals surface area contributed by atoms with Crippen LogP contribution in [0.1, 0.15) is 166 Å². The Hall–Kier alpha value is 2.08. The molecule has 0 aromatic rings. The van der Waals surface area contributed by atoms with Crippen LogP contribution in [0.15, 0.2) is 0 Å². The van der Waals surface area contributed by atoms with Gasteiger partial charge in [-0.3, -0.25) is 0 Å². The summed E-state index contributed by atoms with van der Waals surface area (Å²) in [5.41, 5.74) is 2.00. The van der Waals surface area contributed by atoms with Crippen molar-refractivity contribution in [1.82, 2.24) is 0 Å². The molecule has 0 bridgehead atoms. The molecule has 0 unspecified atom stereocenters. The van der Waals surface area contributed by atoms with Crippen molar-refractivity contribution in [3.8, 4) is 0 Å². The summed E-state index contributed by atoms with van der Waals surface area (Å²) in [6, 6.07) is 0. The quantitative estimate of drug-likeness (QED) is 0.169. The van der Waals surface area contributed by atoms with E-state index in [1.165, 1.54) is 0 Å². The van der Waals surface area contributed by atoms with Crippen molar-refractivity contribution in [2.45, 2.75) is 166 Å². The van der Waals surface area contributed by atoms with Gasteiger partial charge in [-0.2, -0.15) is 43.3 Å². The maximum absolute atomic E-state index is 3.77. The summed E-state index contributed by atoms with van der Waals surface area (Å²) < 4.78 is 0. The molecule has 4 heteroatoms. The zero-order valence-electron chi connectivity index (χ0n) is 35.2. The molecule has 0 nitrogen and oxygen atoms in total. The van der Waals surface area contributed by atoms with Crippen LogP contribution in [0.25, 0.3) is 0 Å². The normalized spacial score (nSPS) is 10.9. The van der Waals surface area contributed by atoms with Crippen molar-refractivity contribution in [3.05, 3.63) is 55.4 Å². The van der Waals surface area contributed by atoms with Gasteiger partial charge in [-0.15, -0.1) is 0 Å². The van der Waals surface area contributed by atoms with E-state index in [2.05, 4.69) is 222 Å². The van der Waals surface area contributed by atoms with E-state index in [1.807, 2.05) is 0 Å². The Bertz CT molecular complexity index is 287. The number of hydrogen-bond acceptors (Lipinski definition) is 0. The molecule has 276 valence electrons. The SMILES string of the molecule is [CH2-]C(C)(C)C.[CH2-]C(C)(C)C.[CH2-]C(C)(C)C.[CH2-]C(C)(C)C.[CH2-]C(C)(C)C.[CH2-]C(C)(C)C.[CH2-]C(C)(C)C.[CH2-]C(C)(C)C.[Mn+2].[Mn+2].[Mn+2].[Mn+2]. The molecule has 44 heavy (non-hydrogen) atoms. The molecule has 0 aliphatic rings. The molecule has 0 rings (SSSR count). The van der Waals surface area contributed by atoms with E-state index in [4.69, 9.17) is 0 Å². The number of hydrogen-bond donors (Lipinski definition) is 0. The second-order valence-electron chi connectivity index (χ2n) is 20.5. The summed E-state index contributed by atoms with van der Waals surface area (Å²) >= 11 is 0. The first kappa shape index (κ1) is 80.6. The smallest absolute Gasteiger partial charge is 0.338 e. The first-order valence-corrected chi connectivity index (χ1v) is 14.8. The van der Waals surface area contributed by atoms with Gasteiger partial charge in [0.25, 0.3) is 0 Å². The summed E-state index contributed by atoms with van der Waals surface area (Å²) in [6.45, 7) is 80.0. The topological polar surface area (TPSA) is 0 Å². The third kappa shape index (κ3) is 18900. The van der Waals surface area contributed by atoms with Crippen LogP contribution in [0.3, 0.4) is 0 Å². The van der Waals surface area contributed by atoms with E-state index >= 15 is 0 Å². The predicted octanol–water partition coefficient (Wildman–Crippen LogP) is 14.9. The number of rotatable bonds is 0. The summed E-state index contributed by atoms with van der Waals surface area (Å²) in [4.78, 5) is 0. The molecule has 0 atom stereocenters. The van der Waals surface area contributed by atoms with Gasteiger partial charge in [0.1, 0.15) is 0 Å². The van der Waals surface area contributed by atoms with Crippen LogP contribution in [0.5, 0.6) is 0 Å². The van der Waals surface area contributed by atoms with Gasteiger partial charge in [0.05, 0.1) is 0 Å². The fourth-order valence-electron chi connectivity index (χ4n) is 0. The Kier molecular flexibility index (Phi) is 64.0. The molecular weight excluding hydrogens is 700 g/mol. The van der Waals surface area contributed by atoms with Crippen molar-refractivity contribution in [2.24, 2.45) is 43.3 Å². The molecule has 0 N–H and O–H groups in total. The van der Waals surface area contributed by atoms with E-state index in [-0.39, 0.29) is 112 Å². The molecule has 0 saturated heterocycles. The van der Waals surface area contributed by atoms with Crippen LogP contribution in [0.4, 0.5) is 0 Å². The summed E-state index contributed by atoms with van der Waals surface area (Å²) in [5, 5.41) is 0. The zero-order chi connectivity index (χ0) is 36.0. The molecule has 0 amide bonds. The minimum Gasteiger partial charge on any atom is -0.338 e. The van der Waals surface area contributed by atoms with Crippen LogP contribution < -0.4 is 0 Å². The van der Waals surface area contributed by atoms with E-state index in [0.717, 1.165) is 0 Å². The van der Waals surface area contributed by atoms with Crippen molar-refractivity contribution in [3.63, 3.8) is 0 Å². The molecule has 0 aromatic carbocycles. The van der Waals surface area contributed by atoms with Gasteiger partial charge in [0.2, 0.25) is 0 Å². The minimum absolute atomic E-state index is 0. The van der Waals surface area contributed by atoms with Crippen molar-refractivity contribution < 1.29 is 68.3 Å². The van der Waals surface area contributed by atoms with E-state index in [9.17, 15) is 0 Å². The second-order valence-corrected chi connectivity index (χ2v) is 20.5. The third-order valence-electron chi connectivity index (χ3n) is 0. The Morgan fingerprint density at radius 1 is 0.159 bits per heavy atom. The van der Waals surface area contributed by atoms with Crippen molar-refractivity contribution in [2.75, 3.05) is 0 Å². The largest absolute Gasteiger partial charge is 2.00 e. The van der Waals surface area contributed by atoms with Gasteiger partial charge in [0, 0.05) is 0 Å². The van der Waals surface area contributed by atoms with Crippen LogP contribution in [0, 0.1) is 98.7 Å². The molecule has 0 aromatic heterocycles. The van der Waals surface area contributed by atoms with Gasteiger partial charge >= 0.3 is 68.3 Å². The Labute approximate surface area is 330 Å². The summed E-state index contributed by atoms with van der Waals surface area (Å²) in [5.74, 6) is 0. The molecule has 0 aliphatic carbocycles. The molecule has 0 saturated carbocycles. The van der Waals surface area contributed by atoms with Gasteiger partial charge in [-0.25, -0.2) is 0 Å². The average Bonchev–Trinajstić information content (AvgIpc) is 2.16. The van der Waals surface area contributed by atoms with E-state index < -0.39 is 0 Å². The first-order chi connectivity index (χ1) is 16.0. The molecular formula is C40H88Mn4. The molecule has 4 radical (unpaired) electrons. The summed E-state index contributed by atoms with van der Waals surface area (Å²) in [7, 11) is 0. The maximum Gasteiger partial charge on any atom is 2.00 e. The van der Waals surface area contributed by atoms with Gasteiger partial charge in [0.15, 0.2) is 0 Å². The molecule has 0 spiro atoms. The Balaban J connectivity index is -0.0000000263. The molecule has 0 aliphatic heterocycles. The van der Waals surface area contributed by atoms with Gasteiger partial charge in [-0.05, 0) is 0 Å². The van der Waals surface area contributed by atoms with Crippen molar-refractivity contribution in [1.29, 1.82) is 0 Å². The van der Waals surface area contributed by atoms with Crippen molar-refractivity contribution >= 4 is 0 Å². The van der Waals surface area contributed by atoms with E-state index in [1.54, 1.807) is 0 Å². The van der Waals surface area contributed by atoms with Crippen LogP contribution in [-0.2, 0) is 68.3 Å². The minimum atomic E-state index is 0. The van der Waals surface area contributed by atoms with Gasteiger partial charge < -0.3 is 55.4 Å². The predicted molar refractivity (Wildman–Crippen MR) is 198 cm³/mol. The second kappa shape index (κ2) is 34.9. The standard InChI is InChI=1S/8C5H11.4Mn/c8*1-5(2,3)4;;;;/h8*1H2,2-4H3;;;;/q8*-1;4*+2. The van der Waals surface area contributed by atoms with Crippen LogP contribution in [0.2, 0.25) is 0 Å². The first-order valence-electron chi connectivity index (χ1n) is 14.8. The maximum atomic E-state index is 3.77. The van der Waals surface area contributed by atoms with Crippen LogP contribution in [-0.4, -0.2) is 0 Å². The van der Waals surface area contributed by atoms with E-state index in [0.29, 0.717) is 0 Å². The summed E-state index contributed by atoms with van der Waals surface area (Å²) in [6.07, 6.45) is 0.